The van der Waals surface area contributed by atoms with Crippen LogP contribution >= 0.6 is 0 Å². The largest absolute Gasteiger partial charge is 0.396 e. The molecule has 90 valence electrons. The van der Waals surface area contributed by atoms with Gasteiger partial charge in [0, 0.05) is 39.0 Å². The van der Waals surface area contributed by atoms with Gasteiger partial charge in [-0.3, -0.25) is 4.90 Å². The third kappa shape index (κ3) is 2.62. The van der Waals surface area contributed by atoms with Gasteiger partial charge in [-0.1, -0.05) is 6.42 Å². The van der Waals surface area contributed by atoms with E-state index in [1.807, 2.05) is 19.6 Å². The fraction of sp³-hybridized carbons (Fsp3) is 0.750. The Hall–Kier alpha value is -0.870. The molecule has 1 aromatic rings. The van der Waals surface area contributed by atoms with Crippen molar-refractivity contribution in [2.75, 3.05) is 13.2 Å². The molecule has 0 saturated heterocycles. The van der Waals surface area contributed by atoms with Gasteiger partial charge in [0.1, 0.15) is 0 Å². The van der Waals surface area contributed by atoms with E-state index in [0.29, 0.717) is 0 Å². The van der Waals surface area contributed by atoms with Crippen LogP contribution in [0.2, 0.25) is 0 Å². The van der Waals surface area contributed by atoms with E-state index in [4.69, 9.17) is 5.11 Å². The Labute approximate surface area is 96.9 Å². The second-order valence-corrected chi connectivity index (χ2v) is 4.63. The summed E-state index contributed by atoms with van der Waals surface area (Å²) in [7, 11) is 2.04. The van der Waals surface area contributed by atoms with Crippen LogP contribution in [-0.2, 0) is 13.6 Å². The molecule has 0 atom stereocenters. The highest BCUT2D eigenvalue weighted by atomic mass is 16.3. The molecule has 0 aliphatic heterocycles. The van der Waals surface area contributed by atoms with Crippen LogP contribution < -0.4 is 0 Å². The Morgan fingerprint density at radius 1 is 1.56 bits per heavy atom. The number of aromatic nitrogens is 2. The van der Waals surface area contributed by atoms with Crippen molar-refractivity contribution in [2.45, 2.75) is 38.3 Å². The second-order valence-electron chi connectivity index (χ2n) is 4.63. The molecule has 0 radical (unpaired) electrons. The van der Waals surface area contributed by atoms with Gasteiger partial charge in [0.2, 0.25) is 0 Å². The predicted octanol–water partition coefficient (Wildman–Crippen LogP) is 1.16. The zero-order chi connectivity index (χ0) is 11.4. The Morgan fingerprint density at radius 2 is 2.38 bits per heavy atom. The van der Waals surface area contributed by atoms with Gasteiger partial charge < -0.3 is 9.67 Å². The van der Waals surface area contributed by atoms with Crippen LogP contribution in [0.3, 0.4) is 0 Å². The van der Waals surface area contributed by atoms with Gasteiger partial charge in [-0.05, 0) is 19.3 Å². The van der Waals surface area contributed by atoms with Gasteiger partial charge in [0.25, 0.3) is 0 Å². The van der Waals surface area contributed by atoms with Crippen molar-refractivity contribution in [3.8, 4) is 0 Å². The lowest BCUT2D eigenvalue weighted by Gasteiger charge is -2.37. The maximum atomic E-state index is 8.92. The van der Waals surface area contributed by atoms with E-state index < -0.39 is 0 Å². The van der Waals surface area contributed by atoms with Crippen LogP contribution in [0.5, 0.6) is 0 Å². The maximum Gasteiger partial charge on any atom is 0.0945 e. The van der Waals surface area contributed by atoms with Crippen molar-refractivity contribution in [3.63, 3.8) is 0 Å². The summed E-state index contributed by atoms with van der Waals surface area (Å²) in [6.07, 6.45) is 8.62. The Morgan fingerprint density at radius 3 is 2.88 bits per heavy atom. The van der Waals surface area contributed by atoms with Gasteiger partial charge >= 0.3 is 0 Å². The van der Waals surface area contributed by atoms with E-state index in [0.717, 1.165) is 25.6 Å². The average Bonchev–Trinajstić information content (AvgIpc) is 2.58. The number of aliphatic hydroxyl groups is 1. The highest BCUT2D eigenvalue weighted by Gasteiger charge is 2.24. The quantitative estimate of drug-likeness (QED) is 0.786. The summed E-state index contributed by atoms with van der Waals surface area (Å²) in [5, 5.41) is 8.92. The highest BCUT2D eigenvalue weighted by molar-refractivity contribution is 4.98. The number of rotatable bonds is 6. The topological polar surface area (TPSA) is 41.3 Å². The number of hydrogen-bond acceptors (Lipinski definition) is 3. The molecule has 0 spiro atoms. The van der Waals surface area contributed by atoms with Crippen LogP contribution in [0.1, 0.15) is 31.4 Å². The molecule has 4 nitrogen and oxygen atoms in total. The third-order valence-electron chi connectivity index (χ3n) is 3.48. The van der Waals surface area contributed by atoms with Crippen molar-refractivity contribution < 1.29 is 5.11 Å². The molecule has 1 fully saturated rings. The number of imidazole rings is 1. The normalized spacial score (nSPS) is 16.7. The predicted molar refractivity (Wildman–Crippen MR) is 63.0 cm³/mol. The molecule has 0 aromatic carbocycles. The van der Waals surface area contributed by atoms with E-state index in [1.165, 1.54) is 25.0 Å². The summed E-state index contributed by atoms with van der Waals surface area (Å²) >= 11 is 0. The first kappa shape index (κ1) is 11.6. The zero-order valence-corrected chi connectivity index (χ0v) is 9.97. The standard InChI is InChI=1S/C12H21N3O/c1-14-10-13-8-12(14)9-15(6-3-7-16)11-4-2-5-11/h8,10-11,16H,2-7,9H2,1H3. The summed E-state index contributed by atoms with van der Waals surface area (Å²) in [6, 6.07) is 0.724. The molecule has 1 heterocycles. The molecular formula is C12H21N3O. The maximum absolute atomic E-state index is 8.92. The molecule has 1 saturated carbocycles. The summed E-state index contributed by atoms with van der Waals surface area (Å²) in [4.78, 5) is 6.63. The van der Waals surface area contributed by atoms with E-state index in [1.54, 1.807) is 0 Å². The summed E-state index contributed by atoms with van der Waals surface area (Å²) in [5.41, 5.74) is 1.25. The van der Waals surface area contributed by atoms with Crippen molar-refractivity contribution in [3.05, 3.63) is 18.2 Å². The molecule has 1 N–H and O–H groups in total. The van der Waals surface area contributed by atoms with E-state index >= 15 is 0 Å². The van der Waals surface area contributed by atoms with Crippen molar-refractivity contribution >= 4 is 0 Å². The zero-order valence-electron chi connectivity index (χ0n) is 9.97. The molecule has 1 aliphatic rings. The fourth-order valence-electron chi connectivity index (χ4n) is 2.16. The Balaban J connectivity index is 1.93. The minimum atomic E-state index is 0.286. The lowest BCUT2D eigenvalue weighted by Crippen LogP contribution is -2.40. The van der Waals surface area contributed by atoms with Gasteiger partial charge in [0.15, 0.2) is 0 Å². The molecule has 1 aliphatic carbocycles. The third-order valence-corrected chi connectivity index (χ3v) is 3.48. The molecule has 16 heavy (non-hydrogen) atoms. The Kier molecular flexibility index (Phi) is 3.96. The number of hydrogen-bond donors (Lipinski definition) is 1. The lowest BCUT2D eigenvalue weighted by molar-refractivity contribution is 0.107. The summed E-state index contributed by atoms with van der Waals surface area (Å²) in [6.45, 7) is 2.24. The Bertz CT molecular complexity index is 320. The first-order valence-electron chi connectivity index (χ1n) is 6.11. The minimum Gasteiger partial charge on any atom is -0.396 e. The second kappa shape index (κ2) is 5.46. The molecule has 4 heteroatoms. The van der Waals surface area contributed by atoms with Crippen LogP contribution in [0.15, 0.2) is 12.5 Å². The molecule has 0 unspecified atom stereocenters. The summed E-state index contributed by atoms with van der Waals surface area (Å²) < 4.78 is 2.07. The van der Waals surface area contributed by atoms with E-state index in [9.17, 15) is 0 Å². The van der Waals surface area contributed by atoms with Gasteiger partial charge in [-0.2, -0.15) is 0 Å². The van der Waals surface area contributed by atoms with Gasteiger partial charge in [0.05, 0.1) is 12.0 Å². The van der Waals surface area contributed by atoms with Gasteiger partial charge in [-0.25, -0.2) is 4.98 Å². The lowest BCUT2D eigenvalue weighted by atomic mass is 9.91. The van der Waals surface area contributed by atoms with Crippen molar-refractivity contribution in [1.82, 2.24) is 14.5 Å². The first-order chi connectivity index (χ1) is 7.81. The monoisotopic (exact) mass is 223 g/mol. The number of aliphatic hydroxyl groups excluding tert-OH is 1. The van der Waals surface area contributed by atoms with E-state index in [-0.39, 0.29) is 6.61 Å². The van der Waals surface area contributed by atoms with E-state index in [2.05, 4.69) is 14.5 Å². The smallest absolute Gasteiger partial charge is 0.0945 e. The number of nitrogens with zero attached hydrogens (tertiary/aromatic N) is 3. The van der Waals surface area contributed by atoms with Crippen molar-refractivity contribution in [1.29, 1.82) is 0 Å². The molecule has 0 bridgehead atoms. The number of aryl methyl sites for hydroxylation is 1. The molecular weight excluding hydrogens is 202 g/mol. The highest BCUT2D eigenvalue weighted by Crippen LogP contribution is 2.26. The van der Waals surface area contributed by atoms with Crippen LogP contribution in [-0.4, -0.2) is 38.8 Å². The SMILES string of the molecule is Cn1cncc1CN(CCCO)C1CCC1. The summed E-state index contributed by atoms with van der Waals surface area (Å²) in [5.74, 6) is 0. The fourth-order valence-corrected chi connectivity index (χ4v) is 2.16. The minimum absolute atomic E-state index is 0.286. The van der Waals surface area contributed by atoms with Crippen LogP contribution in [0.4, 0.5) is 0 Å². The molecule has 0 amide bonds. The average molecular weight is 223 g/mol. The van der Waals surface area contributed by atoms with Crippen LogP contribution in [0, 0.1) is 0 Å². The van der Waals surface area contributed by atoms with Crippen LogP contribution in [0.25, 0.3) is 0 Å². The first-order valence-corrected chi connectivity index (χ1v) is 6.11. The van der Waals surface area contributed by atoms with Gasteiger partial charge in [-0.15, -0.1) is 0 Å². The molecule has 1 aromatic heterocycles. The molecule has 2 rings (SSSR count). The van der Waals surface area contributed by atoms with Crippen molar-refractivity contribution in [2.24, 2.45) is 7.05 Å².